The number of morpholine rings is 1. The largest absolute Gasteiger partial charge is 0.494 e. The van der Waals surface area contributed by atoms with Crippen LogP contribution in [-0.4, -0.2) is 76.8 Å². The first kappa shape index (κ1) is 31.5. The fraction of sp³-hybridized carbons (Fsp3) is 0.421. The summed E-state index contributed by atoms with van der Waals surface area (Å²) in [5, 5.41) is 5.91. The quantitative estimate of drug-likeness (QED) is 0.161. The molecule has 238 valence electrons. The first-order valence-electron chi connectivity index (χ1n) is 16.4. The molecule has 7 nitrogen and oxygen atoms in total. The van der Waals surface area contributed by atoms with E-state index < -0.39 is 0 Å². The second-order valence-corrected chi connectivity index (χ2v) is 11.9. The highest BCUT2D eigenvalue weighted by Gasteiger charge is 2.27. The Bertz CT molecular complexity index is 1440. The van der Waals surface area contributed by atoms with Gasteiger partial charge in [0.2, 0.25) is 0 Å². The Morgan fingerprint density at radius 2 is 1.53 bits per heavy atom. The average molecular weight is 611 g/mol. The molecule has 6 rings (SSSR count). The van der Waals surface area contributed by atoms with Crippen LogP contribution >= 0.6 is 0 Å². The van der Waals surface area contributed by atoms with Crippen molar-refractivity contribution in [2.24, 2.45) is 0 Å². The van der Waals surface area contributed by atoms with Crippen molar-refractivity contribution >= 4 is 10.8 Å². The van der Waals surface area contributed by atoms with Crippen molar-refractivity contribution in [3.8, 4) is 11.5 Å². The lowest BCUT2D eigenvalue weighted by atomic mass is 9.87. The molecule has 2 unspecified atom stereocenters. The second kappa shape index (κ2) is 16.7. The van der Waals surface area contributed by atoms with Crippen LogP contribution in [0.2, 0.25) is 0 Å². The van der Waals surface area contributed by atoms with Crippen molar-refractivity contribution in [2.45, 2.75) is 38.1 Å². The Kier molecular flexibility index (Phi) is 11.7. The number of hydrogen-bond acceptors (Lipinski definition) is 7. The summed E-state index contributed by atoms with van der Waals surface area (Å²) in [4.78, 5) is 2.39. The molecule has 2 fully saturated rings. The van der Waals surface area contributed by atoms with Gasteiger partial charge in [-0.05, 0) is 70.8 Å². The van der Waals surface area contributed by atoms with E-state index in [1.165, 1.54) is 27.5 Å². The molecule has 7 heteroatoms. The minimum atomic E-state index is 0.109. The molecule has 1 N–H and O–H groups in total. The van der Waals surface area contributed by atoms with E-state index in [1.807, 2.05) is 18.2 Å². The Hall–Kier alpha value is -3.46. The standard InChI is InChI=1S/C38H46N2O5/c1-2-5-30(6-3-1)28-42-20-4-21-43-35-12-10-33(11-13-35)37-15-16-39-27-38(37)45-29-31-7-8-32-9-14-36(26-34(32)25-31)44-24-19-40-17-22-41-23-18-40/h1-3,5-14,25-26,37-39H,4,15-24,27-29H2. The molecule has 0 bridgehead atoms. The first-order chi connectivity index (χ1) is 22.3. The zero-order valence-corrected chi connectivity index (χ0v) is 26.2. The average Bonchev–Trinajstić information content (AvgIpc) is 3.10. The summed E-state index contributed by atoms with van der Waals surface area (Å²) in [6, 6.07) is 31.8. The number of ether oxygens (including phenoxy) is 5. The fourth-order valence-electron chi connectivity index (χ4n) is 6.09. The molecule has 0 aliphatic carbocycles. The van der Waals surface area contributed by atoms with E-state index in [1.54, 1.807) is 0 Å². The molecule has 2 atom stereocenters. The van der Waals surface area contributed by atoms with Gasteiger partial charge in [0.05, 0.1) is 45.7 Å². The normalized spacial score (nSPS) is 19.0. The van der Waals surface area contributed by atoms with Gasteiger partial charge in [-0.25, -0.2) is 0 Å². The zero-order valence-electron chi connectivity index (χ0n) is 26.2. The summed E-state index contributed by atoms with van der Waals surface area (Å²) in [5.41, 5.74) is 3.67. The number of rotatable bonds is 15. The summed E-state index contributed by atoms with van der Waals surface area (Å²) in [7, 11) is 0. The third-order valence-corrected chi connectivity index (χ3v) is 8.67. The topological polar surface area (TPSA) is 61.4 Å². The van der Waals surface area contributed by atoms with E-state index in [-0.39, 0.29) is 6.10 Å². The molecule has 2 heterocycles. The predicted octanol–water partition coefficient (Wildman–Crippen LogP) is 6.20. The van der Waals surface area contributed by atoms with Gasteiger partial charge in [0.1, 0.15) is 18.1 Å². The van der Waals surface area contributed by atoms with Crippen LogP contribution in [0.3, 0.4) is 0 Å². The number of piperidine rings is 1. The maximum atomic E-state index is 6.56. The lowest BCUT2D eigenvalue weighted by Crippen LogP contribution is -2.40. The van der Waals surface area contributed by atoms with E-state index in [4.69, 9.17) is 23.7 Å². The molecule has 4 aromatic carbocycles. The predicted molar refractivity (Wildman–Crippen MR) is 178 cm³/mol. The molecule has 4 aromatic rings. The Balaban J connectivity index is 0.963. The van der Waals surface area contributed by atoms with Crippen LogP contribution in [-0.2, 0) is 27.4 Å². The minimum absolute atomic E-state index is 0.109. The second-order valence-electron chi connectivity index (χ2n) is 11.9. The van der Waals surface area contributed by atoms with Crippen LogP contribution in [0.1, 0.15) is 35.4 Å². The molecular weight excluding hydrogens is 564 g/mol. The summed E-state index contributed by atoms with van der Waals surface area (Å²) < 4.78 is 29.9. The molecular formula is C38H46N2O5. The monoisotopic (exact) mass is 610 g/mol. The molecule has 2 aliphatic rings. The molecule has 0 aromatic heterocycles. The van der Waals surface area contributed by atoms with E-state index in [2.05, 4.69) is 83.0 Å². The van der Waals surface area contributed by atoms with Gasteiger partial charge in [0.15, 0.2) is 0 Å². The van der Waals surface area contributed by atoms with Gasteiger partial charge >= 0.3 is 0 Å². The summed E-state index contributed by atoms with van der Waals surface area (Å²) in [6.07, 6.45) is 2.02. The number of benzene rings is 4. The van der Waals surface area contributed by atoms with Gasteiger partial charge in [-0.1, -0.05) is 60.7 Å². The van der Waals surface area contributed by atoms with Crippen LogP contribution in [0.25, 0.3) is 10.8 Å². The summed E-state index contributed by atoms with van der Waals surface area (Å²) >= 11 is 0. The van der Waals surface area contributed by atoms with Crippen LogP contribution in [0.4, 0.5) is 0 Å². The van der Waals surface area contributed by atoms with E-state index in [0.717, 1.165) is 70.3 Å². The number of fused-ring (bicyclic) bond motifs is 1. The smallest absolute Gasteiger partial charge is 0.120 e. The van der Waals surface area contributed by atoms with Gasteiger partial charge < -0.3 is 29.0 Å². The number of hydrogen-bond donors (Lipinski definition) is 1. The first-order valence-corrected chi connectivity index (χ1v) is 16.4. The molecule has 2 aliphatic heterocycles. The maximum Gasteiger partial charge on any atom is 0.120 e. The zero-order chi connectivity index (χ0) is 30.5. The van der Waals surface area contributed by atoms with Crippen molar-refractivity contribution in [2.75, 3.05) is 65.8 Å². The lowest BCUT2D eigenvalue weighted by Gasteiger charge is -2.32. The lowest BCUT2D eigenvalue weighted by molar-refractivity contribution is 0.0106. The van der Waals surface area contributed by atoms with Crippen molar-refractivity contribution < 1.29 is 23.7 Å². The summed E-state index contributed by atoms with van der Waals surface area (Å²) in [6.45, 7) is 9.58. The maximum absolute atomic E-state index is 6.56. The number of nitrogens with zero attached hydrogens (tertiary/aromatic N) is 1. The molecule has 45 heavy (non-hydrogen) atoms. The van der Waals surface area contributed by atoms with Crippen LogP contribution in [0, 0.1) is 0 Å². The van der Waals surface area contributed by atoms with Crippen LogP contribution < -0.4 is 14.8 Å². The Morgan fingerprint density at radius 1 is 0.733 bits per heavy atom. The molecule has 2 saturated heterocycles. The fourth-order valence-corrected chi connectivity index (χ4v) is 6.09. The van der Waals surface area contributed by atoms with Crippen LogP contribution in [0.5, 0.6) is 11.5 Å². The number of nitrogens with one attached hydrogen (secondary N) is 1. The summed E-state index contributed by atoms with van der Waals surface area (Å²) in [5.74, 6) is 2.15. The van der Waals surface area contributed by atoms with Gasteiger partial charge in [-0.3, -0.25) is 4.90 Å². The van der Waals surface area contributed by atoms with Gasteiger partial charge in [-0.15, -0.1) is 0 Å². The highest BCUT2D eigenvalue weighted by molar-refractivity contribution is 5.84. The minimum Gasteiger partial charge on any atom is -0.494 e. The van der Waals surface area contributed by atoms with Crippen molar-refractivity contribution in [1.29, 1.82) is 0 Å². The van der Waals surface area contributed by atoms with Gasteiger partial charge in [-0.2, -0.15) is 0 Å². The SMILES string of the molecule is c1ccc(COCCCOc2ccc(C3CCNCC3OCc3ccc4ccc(OCCN5CCOCC5)cc4c3)cc2)cc1. The van der Waals surface area contributed by atoms with E-state index in [9.17, 15) is 0 Å². The molecule has 0 amide bonds. The van der Waals surface area contributed by atoms with Crippen molar-refractivity contribution in [3.63, 3.8) is 0 Å². The van der Waals surface area contributed by atoms with Crippen molar-refractivity contribution in [3.05, 3.63) is 108 Å². The third-order valence-electron chi connectivity index (χ3n) is 8.67. The van der Waals surface area contributed by atoms with E-state index in [0.29, 0.717) is 39.0 Å². The highest BCUT2D eigenvalue weighted by Crippen LogP contribution is 2.30. The van der Waals surface area contributed by atoms with Crippen molar-refractivity contribution in [1.82, 2.24) is 10.2 Å². The van der Waals surface area contributed by atoms with Gasteiger partial charge in [0.25, 0.3) is 0 Å². The molecule has 0 spiro atoms. The molecule has 0 saturated carbocycles. The van der Waals surface area contributed by atoms with Crippen LogP contribution in [0.15, 0.2) is 91.0 Å². The Labute approximate surface area is 267 Å². The highest BCUT2D eigenvalue weighted by atomic mass is 16.5. The third kappa shape index (κ3) is 9.52. The van der Waals surface area contributed by atoms with E-state index >= 15 is 0 Å². The molecule has 0 radical (unpaired) electrons. The van der Waals surface area contributed by atoms with Gasteiger partial charge in [0, 0.05) is 38.5 Å². The Morgan fingerprint density at radius 3 is 2.40 bits per heavy atom.